The topological polar surface area (TPSA) is 76.6 Å². The number of aryl methyl sites for hydroxylation is 2. The van der Waals surface area contributed by atoms with E-state index in [1.807, 2.05) is 32.0 Å². The molecular formula is C19H25N3O3S. The minimum Gasteiger partial charge on any atom is -0.494 e. The molecule has 0 unspecified atom stereocenters. The van der Waals surface area contributed by atoms with E-state index in [1.54, 1.807) is 0 Å². The van der Waals surface area contributed by atoms with E-state index in [2.05, 4.69) is 11.9 Å². The minimum atomic E-state index is -0.569. The average molecular weight is 375 g/mol. The van der Waals surface area contributed by atoms with Crippen LogP contribution in [0.25, 0.3) is 0 Å². The van der Waals surface area contributed by atoms with Gasteiger partial charge in [-0.3, -0.25) is 13.9 Å². The molecule has 0 spiro atoms. The summed E-state index contributed by atoms with van der Waals surface area (Å²) in [4.78, 5) is 29.3. The maximum Gasteiger partial charge on any atom is 0.333 e. The van der Waals surface area contributed by atoms with Crippen molar-refractivity contribution in [1.82, 2.24) is 9.13 Å². The highest BCUT2D eigenvalue weighted by molar-refractivity contribution is 8.14. The SMILES string of the molecule is CCCCSC(=Nc1ccc(C)c(C)c1)c1c(O)n(C)c(=O)n(C)c1=O. The summed E-state index contributed by atoms with van der Waals surface area (Å²) in [6.45, 7) is 6.11. The third kappa shape index (κ3) is 4.09. The van der Waals surface area contributed by atoms with Gasteiger partial charge in [-0.05, 0) is 49.3 Å². The maximum absolute atomic E-state index is 12.6. The third-order valence-electron chi connectivity index (χ3n) is 4.31. The molecule has 2 rings (SSSR count). The van der Waals surface area contributed by atoms with Crippen LogP contribution >= 0.6 is 11.8 Å². The zero-order valence-electron chi connectivity index (χ0n) is 15.9. The Morgan fingerprint density at radius 1 is 1.15 bits per heavy atom. The fraction of sp³-hybridized carbons (Fsp3) is 0.421. The van der Waals surface area contributed by atoms with E-state index in [0.717, 1.165) is 38.9 Å². The Labute approximate surface area is 157 Å². The zero-order valence-corrected chi connectivity index (χ0v) is 16.7. The number of nitrogens with zero attached hydrogens (tertiary/aromatic N) is 3. The predicted molar refractivity (Wildman–Crippen MR) is 108 cm³/mol. The van der Waals surface area contributed by atoms with Crippen molar-refractivity contribution in [2.45, 2.75) is 33.6 Å². The first-order valence-corrected chi connectivity index (χ1v) is 9.54. The van der Waals surface area contributed by atoms with Gasteiger partial charge in [-0.15, -0.1) is 11.8 Å². The molecule has 26 heavy (non-hydrogen) atoms. The second-order valence-corrected chi connectivity index (χ2v) is 7.38. The molecule has 0 aliphatic carbocycles. The van der Waals surface area contributed by atoms with E-state index in [4.69, 9.17) is 0 Å². The van der Waals surface area contributed by atoms with Gasteiger partial charge in [0, 0.05) is 14.1 Å². The van der Waals surface area contributed by atoms with E-state index in [-0.39, 0.29) is 11.4 Å². The summed E-state index contributed by atoms with van der Waals surface area (Å²) >= 11 is 1.42. The smallest absolute Gasteiger partial charge is 0.333 e. The van der Waals surface area contributed by atoms with Gasteiger partial charge in [-0.25, -0.2) is 9.79 Å². The van der Waals surface area contributed by atoms with Crippen LogP contribution in [0.15, 0.2) is 32.8 Å². The molecule has 0 bridgehead atoms. The van der Waals surface area contributed by atoms with Crippen molar-refractivity contribution in [1.29, 1.82) is 0 Å². The average Bonchev–Trinajstić information content (AvgIpc) is 2.61. The number of hydrogen-bond acceptors (Lipinski definition) is 5. The first-order valence-electron chi connectivity index (χ1n) is 8.56. The maximum atomic E-state index is 12.6. The molecule has 0 amide bonds. The van der Waals surface area contributed by atoms with Crippen molar-refractivity contribution < 1.29 is 5.11 Å². The van der Waals surface area contributed by atoms with Crippen molar-refractivity contribution in [3.63, 3.8) is 0 Å². The van der Waals surface area contributed by atoms with Crippen LogP contribution in [-0.2, 0) is 14.1 Å². The molecule has 1 aromatic heterocycles. The summed E-state index contributed by atoms with van der Waals surface area (Å²) < 4.78 is 2.05. The van der Waals surface area contributed by atoms with Crippen LogP contribution in [-0.4, -0.2) is 25.0 Å². The molecule has 0 aliphatic heterocycles. The lowest BCUT2D eigenvalue weighted by Crippen LogP contribution is -2.39. The number of rotatable bonds is 5. The summed E-state index contributed by atoms with van der Waals surface area (Å²) in [5.74, 6) is 0.413. The van der Waals surface area contributed by atoms with Gasteiger partial charge in [0.15, 0.2) is 0 Å². The number of aromatic nitrogens is 2. The predicted octanol–water partition coefficient (Wildman–Crippen LogP) is 3.02. The first-order chi connectivity index (χ1) is 12.3. The first kappa shape index (κ1) is 20.0. The van der Waals surface area contributed by atoms with Crippen LogP contribution in [0.5, 0.6) is 5.88 Å². The highest BCUT2D eigenvalue weighted by atomic mass is 32.2. The van der Waals surface area contributed by atoms with Crippen molar-refractivity contribution in [3.05, 3.63) is 55.7 Å². The Morgan fingerprint density at radius 2 is 1.85 bits per heavy atom. The fourth-order valence-electron chi connectivity index (χ4n) is 2.41. The Morgan fingerprint density at radius 3 is 2.46 bits per heavy atom. The van der Waals surface area contributed by atoms with E-state index >= 15 is 0 Å². The zero-order chi connectivity index (χ0) is 19.4. The van der Waals surface area contributed by atoms with Crippen molar-refractivity contribution in [2.75, 3.05) is 5.75 Å². The van der Waals surface area contributed by atoms with Gasteiger partial charge in [-0.2, -0.15) is 0 Å². The van der Waals surface area contributed by atoms with Crippen LogP contribution in [0.1, 0.15) is 36.5 Å². The van der Waals surface area contributed by atoms with E-state index in [1.165, 1.54) is 25.9 Å². The molecular weight excluding hydrogens is 350 g/mol. The number of aromatic hydroxyl groups is 1. The number of thioether (sulfide) groups is 1. The largest absolute Gasteiger partial charge is 0.494 e. The Balaban J connectivity index is 2.66. The van der Waals surface area contributed by atoms with Gasteiger partial charge in [0.2, 0.25) is 5.88 Å². The summed E-state index contributed by atoms with van der Waals surface area (Å²) in [5.41, 5.74) is 1.92. The molecule has 1 aromatic carbocycles. The lowest BCUT2D eigenvalue weighted by atomic mass is 10.1. The second-order valence-electron chi connectivity index (χ2n) is 6.29. The Kier molecular flexibility index (Phi) is 6.47. The fourth-order valence-corrected chi connectivity index (χ4v) is 3.53. The van der Waals surface area contributed by atoms with Crippen LogP contribution in [0, 0.1) is 13.8 Å². The van der Waals surface area contributed by atoms with Gasteiger partial charge in [-0.1, -0.05) is 19.4 Å². The second kappa shape index (κ2) is 8.40. The van der Waals surface area contributed by atoms with Gasteiger partial charge >= 0.3 is 5.69 Å². The summed E-state index contributed by atoms with van der Waals surface area (Å²) in [7, 11) is 2.84. The van der Waals surface area contributed by atoms with Crippen LogP contribution in [0.2, 0.25) is 0 Å². The lowest BCUT2D eigenvalue weighted by Gasteiger charge is -2.12. The summed E-state index contributed by atoms with van der Waals surface area (Å²) in [6, 6.07) is 5.80. The Hall–Kier alpha value is -2.28. The van der Waals surface area contributed by atoms with Crippen LogP contribution < -0.4 is 11.2 Å². The normalized spacial score (nSPS) is 11.8. The number of unbranched alkanes of at least 4 members (excludes halogenated alkanes) is 1. The molecule has 0 fully saturated rings. The van der Waals surface area contributed by atoms with Crippen LogP contribution in [0.4, 0.5) is 5.69 Å². The van der Waals surface area contributed by atoms with Crippen LogP contribution in [0.3, 0.4) is 0 Å². The monoisotopic (exact) mass is 375 g/mol. The van der Waals surface area contributed by atoms with Gasteiger partial charge in [0.25, 0.3) is 5.56 Å². The van der Waals surface area contributed by atoms with Gasteiger partial charge in [0.05, 0.1) is 5.69 Å². The summed E-state index contributed by atoms with van der Waals surface area (Å²) in [5, 5.41) is 10.9. The molecule has 0 saturated heterocycles. The van der Waals surface area contributed by atoms with Gasteiger partial charge < -0.3 is 5.11 Å². The molecule has 2 aromatic rings. The van der Waals surface area contributed by atoms with Crippen molar-refractivity contribution in [3.8, 4) is 5.88 Å². The van der Waals surface area contributed by atoms with E-state index in [9.17, 15) is 14.7 Å². The number of aliphatic imine (C=N–C) groups is 1. The molecule has 1 N–H and O–H groups in total. The number of hydrogen-bond donors (Lipinski definition) is 1. The summed E-state index contributed by atoms with van der Waals surface area (Å²) in [6.07, 6.45) is 1.98. The van der Waals surface area contributed by atoms with Crippen molar-refractivity contribution in [2.24, 2.45) is 19.1 Å². The molecule has 0 atom stereocenters. The molecule has 140 valence electrons. The molecule has 7 heteroatoms. The highest BCUT2D eigenvalue weighted by Gasteiger charge is 2.20. The quantitative estimate of drug-likeness (QED) is 0.495. The minimum absolute atomic E-state index is 0.0638. The standard InChI is InChI=1S/C19H25N3O3S/c1-6-7-10-26-16(20-14-9-8-12(2)13(3)11-14)15-17(23)21(4)19(25)22(5)18(15)24/h8-9,11,23H,6-7,10H2,1-5H3. The number of benzene rings is 1. The Bertz CT molecular complexity index is 958. The molecule has 0 radical (unpaired) electrons. The molecule has 0 saturated carbocycles. The molecule has 1 heterocycles. The lowest BCUT2D eigenvalue weighted by molar-refractivity contribution is 0.410. The molecule has 6 nitrogen and oxygen atoms in total. The highest BCUT2D eigenvalue weighted by Crippen LogP contribution is 2.25. The van der Waals surface area contributed by atoms with E-state index in [0.29, 0.717) is 10.7 Å². The van der Waals surface area contributed by atoms with E-state index < -0.39 is 11.2 Å². The third-order valence-corrected chi connectivity index (χ3v) is 5.37. The van der Waals surface area contributed by atoms with Crippen molar-refractivity contribution >= 4 is 22.5 Å². The molecule has 0 aliphatic rings. The van der Waals surface area contributed by atoms with Gasteiger partial charge in [0.1, 0.15) is 10.6 Å².